The third-order valence-corrected chi connectivity index (χ3v) is 3.04. The fourth-order valence-corrected chi connectivity index (χ4v) is 1.97. The van der Waals surface area contributed by atoms with Gasteiger partial charge in [-0.3, -0.25) is 9.97 Å². The van der Waals surface area contributed by atoms with Crippen molar-refractivity contribution >= 4 is 0 Å². The van der Waals surface area contributed by atoms with Crippen molar-refractivity contribution in [3.05, 3.63) is 42.4 Å². The minimum Gasteiger partial charge on any atom is -0.508 e. The fraction of sp³-hybridized carbons (Fsp3) is 0.231. The van der Waals surface area contributed by atoms with Gasteiger partial charge >= 0.3 is 0 Å². The van der Waals surface area contributed by atoms with Crippen molar-refractivity contribution in [3.63, 3.8) is 0 Å². The number of phenolic OH excluding ortho intramolecular Hbond substituents is 1. The summed E-state index contributed by atoms with van der Waals surface area (Å²) < 4.78 is 0. The summed E-state index contributed by atoms with van der Waals surface area (Å²) >= 11 is 0. The van der Waals surface area contributed by atoms with Crippen LogP contribution in [-0.4, -0.2) is 28.2 Å². The van der Waals surface area contributed by atoms with Crippen LogP contribution in [-0.2, 0) is 0 Å². The molecule has 0 aliphatic carbocycles. The maximum absolute atomic E-state index is 9.29. The Hall–Kier alpha value is -1.94. The first-order chi connectivity index (χ1) is 8.34. The Morgan fingerprint density at radius 2 is 1.76 bits per heavy atom. The van der Waals surface area contributed by atoms with Gasteiger partial charge in [-0.1, -0.05) is 0 Å². The van der Waals surface area contributed by atoms with Crippen molar-refractivity contribution in [2.75, 3.05) is 13.1 Å². The van der Waals surface area contributed by atoms with Gasteiger partial charge in [-0.25, -0.2) is 0 Å². The van der Waals surface area contributed by atoms with Crippen LogP contribution >= 0.6 is 0 Å². The number of rotatable bonds is 2. The molecule has 2 heterocycles. The number of hydrogen-bond acceptors (Lipinski definition) is 4. The molecule has 0 bridgehead atoms. The van der Waals surface area contributed by atoms with Crippen molar-refractivity contribution in [2.24, 2.45) is 0 Å². The normalized spacial score (nSPS) is 15.5. The van der Waals surface area contributed by atoms with Crippen LogP contribution in [0, 0.1) is 0 Å². The second-order valence-corrected chi connectivity index (χ2v) is 4.19. The summed E-state index contributed by atoms with van der Waals surface area (Å²) in [6, 6.07) is 7.09. The van der Waals surface area contributed by atoms with Crippen molar-refractivity contribution in [1.29, 1.82) is 0 Å². The zero-order chi connectivity index (χ0) is 11.7. The van der Waals surface area contributed by atoms with Crippen molar-refractivity contribution in [3.8, 4) is 17.0 Å². The Kier molecular flexibility index (Phi) is 2.49. The Morgan fingerprint density at radius 3 is 2.41 bits per heavy atom. The van der Waals surface area contributed by atoms with E-state index in [0.29, 0.717) is 5.92 Å². The summed E-state index contributed by atoms with van der Waals surface area (Å²) in [6.45, 7) is 1.92. The Morgan fingerprint density at radius 1 is 1.06 bits per heavy atom. The molecule has 1 aliphatic heterocycles. The molecule has 0 radical (unpaired) electrons. The molecule has 17 heavy (non-hydrogen) atoms. The number of phenols is 1. The topological polar surface area (TPSA) is 58.0 Å². The standard InChI is InChI=1S/C13H13N3O/c17-11-3-1-9(2-4-11)12-13(10-7-14-8-10)16-6-5-15-12/h1-6,10,14,17H,7-8H2. The van der Waals surface area contributed by atoms with Crippen LogP contribution in [0.3, 0.4) is 0 Å². The predicted octanol–water partition coefficient (Wildman–Crippen LogP) is 1.54. The van der Waals surface area contributed by atoms with E-state index in [1.54, 1.807) is 24.5 Å². The monoisotopic (exact) mass is 227 g/mol. The molecule has 0 saturated carbocycles. The van der Waals surface area contributed by atoms with Crippen LogP contribution < -0.4 is 5.32 Å². The van der Waals surface area contributed by atoms with E-state index < -0.39 is 0 Å². The van der Waals surface area contributed by atoms with Gasteiger partial charge in [0.05, 0.1) is 11.4 Å². The highest BCUT2D eigenvalue weighted by Crippen LogP contribution is 2.28. The second-order valence-electron chi connectivity index (χ2n) is 4.19. The zero-order valence-corrected chi connectivity index (χ0v) is 9.30. The van der Waals surface area contributed by atoms with Crippen LogP contribution in [0.5, 0.6) is 5.75 Å². The molecule has 0 atom stereocenters. The molecule has 0 spiro atoms. The molecule has 1 aliphatic rings. The maximum atomic E-state index is 9.29. The highest BCUT2D eigenvalue weighted by atomic mass is 16.3. The molecule has 1 aromatic carbocycles. The van der Waals surface area contributed by atoms with Gasteiger partial charge in [0.15, 0.2) is 0 Å². The van der Waals surface area contributed by atoms with E-state index in [4.69, 9.17) is 0 Å². The molecule has 86 valence electrons. The Labute approximate surface area is 99.4 Å². The number of nitrogens with one attached hydrogen (secondary N) is 1. The third-order valence-electron chi connectivity index (χ3n) is 3.04. The van der Waals surface area contributed by atoms with E-state index in [1.165, 1.54) is 0 Å². The molecular weight excluding hydrogens is 214 g/mol. The largest absolute Gasteiger partial charge is 0.508 e. The minimum absolute atomic E-state index is 0.268. The molecular formula is C13H13N3O. The summed E-state index contributed by atoms with van der Waals surface area (Å²) in [5, 5.41) is 12.5. The van der Waals surface area contributed by atoms with Gasteiger partial charge in [-0.2, -0.15) is 0 Å². The van der Waals surface area contributed by atoms with Crippen molar-refractivity contribution in [2.45, 2.75) is 5.92 Å². The lowest BCUT2D eigenvalue weighted by Crippen LogP contribution is -2.40. The lowest BCUT2D eigenvalue weighted by Gasteiger charge is -2.27. The number of benzene rings is 1. The van der Waals surface area contributed by atoms with E-state index >= 15 is 0 Å². The lowest BCUT2D eigenvalue weighted by molar-refractivity contribution is 0.439. The number of hydrogen-bond donors (Lipinski definition) is 2. The third kappa shape index (κ3) is 1.87. The number of aromatic hydroxyl groups is 1. The molecule has 4 heteroatoms. The lowest BCUT2D eigenvalue weighted by atomic mass is 9.94. The molecule has 0 amide bonds. The van der Waals surface area contributed by atoms with Crippen LogP contribution in [0.15, 0.2) is 36.7 Å². The molecule has 1 saturated heterocycles. The summed E-state index contributed by atoms with van der Waals surface area (Å²) in [6.07, 6.45) is 3.44. The SMILES string of the molecule is Oc1ccc(-c2nccnc2C2CNC2)cc1. The quantitative estimate of drug-likeness (QED) is 0.817. The first-order valence-electron chi connectivity index (χ1n) is 5.65. The van der Waals surface area contributed by atoms with E-state index in [1.807, 2.05) is 12.1 Å². The summed E-state index contributed by atoms with van der Waals surface area (Å²) in [5.41, 5.74) is 2.95. The molecule has 3 rings (SSSR count). The van der Waals surface area contributed by atoms with E-state index in [-0.39, 0.29) is 5.75 Å². The van der Waals surface area contributed by atoms with Crippen molar-refractivity contribution < 1.29 is 5.11 Å². The summed E-state index contributed by atoms with van der Waals surface area (Å²) in [4.78, 5) is 8.84. The Bertz CT molecular complexity index is 520. The van der Waals surface area contributed by atoms with Gasteiger partial charge < -0.3 is 10.4 Å². The number of nitrogens with zero attached hydrogens (tertiary/aromatic N) is 2. The van der Waals surface area contributed by atoms with E-state index in [0.717, 1.165) is 30.0 Å². The number of aromatic nitrogens is 2. The highest BCUT2D eigenvalue weighted by molar-refractivity contribution is 5.63. The van der Waals surface area contributed by atoms with Crippen molar-refractivity contribution in [1.82, 2.24) is 15.3 Å². The predicted molar refractivity (Wildman–Crippen MR) is 64.7 cm³/mol. The highest BCUT2D eigenvalue weighted by Gasteiger charge is 2.24. The van der Waals surface area contributed by atoms with Gasteiger partial charge in [-0.15, -0.1) is 0 Å². The van der Waals surface area contributed by atoms with E-state index in [9.17, 15) is 5.11 Å². The molecule has 2 N–H and O–H groups in total. The molecule has 4 nitrogen and oxygen atoms in total. The van der Waals surface area contributed by atoms with Gasteiger partial charge in [0.1, 0.15) is 5.75 Å². The van der Waals surface area contributed by atoms with Gasteiger partial charge in [0.2, 0.25) is 0 Å². The van der Waals surface area contributed by atoms with Crippen LogP contribution in [0.25, 0.3) is 11.3 Å². The fourth-order valence-electron chi connectivity index (χ4n) is 1.97. The van der Waals surface area contributed by atoms with Gasteiger partial charge in [0.25, 0.3) is 0 Å². The first kappa shape index (κ1) is 10.2. The zero-order valence-electron chi connectivity index (χ0n) is 9.30. The molecule has 1 fully saturated rings. The Balaban J connectivity index is 2.04. The van der Waals surface area contributed by atoms with Crippen LogP contribution in [0.1, 0.15) is 11.6 Å². The van der Waals surface area contributed by atoms with Crippen LogP contribution in [0.4, 0.5) is 0 Å². The smallest absolute Gasteiger partial charge is 0.115 e. The molecule has 0 unspecified atom stereocenters. The average molecular weight is 227 g/mol. The second kappa shape index (κ2) is 4.14. The van der Waals surface area contributed by atoms with Crippen LogP contribution in [0.2, 0.25) is 0 Å². The summed E-state index contributed by atoms with van der Waals surface area (Å²) in [5.74, 6) is 0.719. The average Bonchev–Trinajstić information content (AvgIpc) is 2.29. The summed E-state index contributed by atoms with van der Waals surface area (Å²) in [7, 11) is 0. The van der Waals surface area contributed by atoms with Gasteiger partial charge in [-0.05, 0) is 24.3 Å². The first-order valence-corrected chi connectivity index (χ1v) is 5.65. The maximum Gasteiger partial charge on any atom is 0.115 e. The minimum atomic E-state index is 0.268. The van der Waals surface area contributed by atoms with Gasteiger partial charge in [0, 0.05) is 37.0 Å². The molecule has 1 aromatic heterocycles. The van der Waals surface area contributed by atoms with E-state index in [2.05, 4.69) is 15.3 Å². The molecule has 2 aromatic rings.